The SMILES string of the molecule is O=C(Nc1ccc(Cl)cc1)c1nnc(C2CCCN(S(=O)(=O)c3ccccc3Cl)C2)s1. The fraction of sp³-hybridized carbons (Fsp3) is 0.250. The van der Waals surface area contributed by atoms with Gasteiger partial charge in [-0.15, -0.1) is 10.2 Å². The second-order valence-electron chi connectivity index (χ2n) is 7.04. The van der Waals surface area contributed by atoms with Gasteiger partial charge in [0, 0.05) is 29.7 Å². The highest BCUT2D eigenvalue weighted by atomic mass is 35.5. The second kappa shape index (κ2) is 9.22. The quantitative estimate of drug-likeness (QED) is 0.554. The summed E-state index contributed by atoms with van der Waals surface area (Å²) in [6, 6.07) is 13.2. The van der Waals surface area contributed by atoms with Crippen LogP contribution in [-0.2, 0) is 10.0 Å². The normalized spacial score (nSPS) is 17.4. The molecule has 2 aromatic carbocycles. The molecule has 1 saturated heterocycles. The Bertz CT molecular complexity index is 1200. The Hall–Kier alpha value is -2.04. The van der Waals surface area contributed by atoms with Crippen molar-refractivity contribution in [3.8, 4) is 0 Å². The van der Waals surface area contributed by atoms with Gasteiger partial charge in [0.15, 0.2) is 0 Å². The Morgan fingerprint density at radius 3 is 2.58 bits per heavy atom. The lowest BCUT2D eigenvalue weighted by molar-refractivity contribution is 0.102. The van der Waals surface area contributed by atoms with Crippen molar-refractivity contribution in [3.63, 3.8) is 0 Å². The Morgan fingerprint density at radius 1 is 1.10 bits per heavy atom. The summed E-state index contributed by atoms with van der Waals surface area (Å²) in [5, 5.41) is 12.5. The van der Waals surface area contributed by atoms with Crippen molar-refractivity contribution in [1.82, 2.24) is 14.5 Å². The molecule has 0 saturated carbocycles. The van der Waals surface area contributed by atoms with Crippen LogP contribution < -0.4 is 5.32 Å². The summed E-state index contributed by atoms with van der Waals surface area (Å²) >= 11 is 13.1. The first-order chi connectivity index (χ1) is 14.8. The van der Waals surface area contributed by atoms with Crippen molar-refractivity contribution in [3.05, 3.63) is 68.6 Å². The molecule has 7 nitrogen and oxygen atoms in total. The van der Waals surface area contributed by atoms with Crippen LogP contribution in [-0.4, -0.2) is 41.9 Å². The summed E-state index contributed by atoms with van der Waals surface area (Å²) in [5.41, 5.74) is 0.598. The van der Waals surface area contributed by atoms with Crippen LogP contribution in [0, 0.1) is 0 Å². The third kappa shape index (κ3) is 4.91. The van der Waals surface area contributed by atoms with Gasteiger partial charge < -0.3 is 5.32 Å². The number of carbonyl (C=O) groups excluding carboxylic acids is 1. The molecule has 3 aromatic rings. The summed E-state index contributed by atoms with van der Waals surface area (Å²) < 4.78 is 27.5. The Kier molecular flexibility index (Phi) is 6.59. The van der Waals surface area contributed by atoms with E-state index < -0.39 is 10.0 Å². The van der Waals surface area contributed by atoms with Crippen molar-refractivity contribution in [1.29, 1.82) is 0 Å². The molecule has 1 aliphatic heterocycles. The molecule has 31 heavy (non-hydrogen) atoms. The number of aromatic nitrogens is 2. The van der Waals surface area contributed by atoms with Crippen LogP contribution in [0.15, 0.2) is 53.4 Å². The number of amides is 1. The molecule has 162 valence electrons. The van der Waals surface area contributed by atoms with E-state index >= 15 is 0 Å². The largest absolute Gasteiger partial charge is 0.320 e. The molecule has 1 aromatic heterocycles. The molecule has 1 N–H and O–H groups in total. The van der Waals surface area contributed by atoms with Crippen molar-refractivity contribution in [2.45, 2.75) is 23.7 Å². The van der Waals surface area contributed by atoms with Crippen LogP contribution in [0.2, 0.25) is 10.0 Å². The number of rotatable bonds is 5. The number of nitrogens with zero attached hydrogens (tertiary/aromatic N) is 3. The van der Waals surface area contributed by atoms with E-state index in [9.17, 15) is 13.2 Å². The number of anilines is 1. The van der Waals surface area contributed by atoms with Crippen molar-refractivity contribution >= 4 is 56.2 Å². The molecule has 4 rings (SSSR count). The van der Waals surface area contributed by atoms with Crippen LogP contribution in [0.3, 0.4) is 0 Å². The zero-order valence-electron chi connectivity index (χ0n) is 16.2. The van der Waals surface area contributed by atoms with E-state index in [2.05, 4.69) is 15.5 Å². The first-order valence-corrected chi connectivity index (χ1v) is 12.5. The molecular formula is C20H18Cl2N4O3S2. The van der Waals surface area contributed by atoms with Crippen LogP contribution in [0.4, 0.5) is 5.69 Å². The van der Waals surface area contributed by atoms with Gasteiger partial charge in [-0.1, -0.05) is 46.7 Å². The first kappa shape index (κ1) is 22.2. The van der Waals surface area contributed by atoms with E-state index in [1.807, 2.05) is 0 Å². The number of hydrogen-bond donors (Lipinski definition) is 1. The number of sulfonamides is 1. The van der Waals surface area contributed by atoms with E-state index in [0.717, 1.165) is 6.42 Å². The number of carbonyl (C=O) groups is 1. The fourth-order valence-corrected chi connectivity index (χ4v) is 6.37. The molecule has 1 aliphatic rings. The lowest BCUT2D eigenvalue weighted by Crippen LogP contribution is -2.39. The van der Waals surface area contributed by atoms with E-state index in [-0.39, 0.29) is 33.3 Å². The lowest BCUT2D eigenvalue weighted by atomic mass is 10.0. The molecule has 0 spiro atoms. The summed E-state index contributed by atoms with van der Waals surface area (Å²) in [5.74, 6) is -0.511. The predicted molar refractivity (Wildman–Crippen MR) is 122 cm³/mol. The third-order valence-electron chi connectivity index (χ3n) is 4.92. The maximum Gasteiger partial charge on any atom is 0.286 e. The van der Waals surface area contributed by atoms with Crippen LogP contribution in [0.1, 0.15) is 33.6 Å². The summed E-state index contributed by atoms with van der Waals surface area (Å²) in [6.45, 7) is 0.674. The number of piperidine rings is 1. The number of nitrogens with one attached hydrogen (secondary N) is 1. The van der Waals surface area contributed by atoms with Crippen molar-refractivity contribution in [2.24, 2.45) is 0 Å². The Morgan fingerprint density at radius 2 is 1.84 bits per heavy atom. The topological polar surface area (TPSA) is 92.3 Å². The summed E-state index contributed by atoms with van der Waals surface area (Å²) in [4.78, 5) is 12.6. The number of benzene rings is 2. The highest BCUT2D eigenvalue weighted by Crippen LogP contribution is 2.33. The van der Waals surface area contributed by atoms with Gasteiger partial charge >= 0.3 is 0 Å². The zero-order valence-corrected chi connectivity index (χ0v) is 19.3. The van der Waals surface area contributed by atoms with Crippen molar-refractivity contribution < 1.29 is 13.2 Å². The molecule has 1 fully saturated rings. The Balaban J connectivity index is 1.48. The van der Waals surface area contributed by atoms with Gasteiger partial charge in [-0.05, 0) is 49.2 Å². The van der Waals surface area contributed by atoms with Gasteiger partial charge in [-0.2, -0.15) is 4.31 Å². The first-order valence-electron chi connectivity index (χ1n) is 9.49. The van der Waals surface area contributed by atoms with Gasteiger partial charge in [0.1, 0.15) is 9.90 Å². The van der Waals surface area contributed by atoms with Gasteiger partial charge in [0.25, 0.3) is 5.91 Å². The number of hydrogen-bond acceptors (Lipinski definition) is 6. The highest BCUT2D eigenvalue weighted by Gasteiger charge is 2.33. The van der Waals surface area contributed by atoms with Gasteiger partial charge in [0.05, 0.1) is 5.02 Å². The molecule has 11 heteroatoms. The monoisotopic (exact) mass is 496 g/mol. The van der Waals surface area contributed by atoms with Crippen molar-refractivity contribution in [2.75, 3.05) is 18.4 Å². The van der Waals surface area contributed by atoms with Crippen LogP contribution >= 0.6 is 34.5 Å². The predicted octanol–water partition coefficient (Wildman–Crippen LogP) is 4.67. The Labute approximate surface area is 194 Å². The van der Waals surface area contributed by atoms with E-state index in [4.69, 9.17) is 23.2 Å². The molecule has 1 amide bonds. The average Bonchev–Trinajstić information content (AvgIpc) is 3.26. The summed E-state index contributed by atoms with van der Waals surface area (Å²) in [7, 11) is -3.72. The minimum Gasteiger partial charge on any atom is -0.320 e. The maximum atomic E-state index is 13.1. The molecule has 0 aliphatic carbocycles. The fourth-order valence-electron chi connectivity index (χ4n) is 3.36. The second-order valence-corrected chi connectivity index (χ2v) is 10.8. The van der Waals surface area contributed by atoms with Crippen LogP contribution in [0.25, 0.3) is 0 Å². The van der Waals surface area contributed by atoms with Gasteiger partial charge in [-0.25, -0.2) is 8.42 Å². The van der Waals surface area contributed by atoms with Gasteiger partial charge in [0.2, 0.25) is 15.0 Å². The summed E-state index contributed by atoms with van der Waals surface area (Å²) in [6.07, 6.45) is 1.45. The molecule has 1 unspecified atom stereocenters. The van der Waals surface area contributed by atoms with E-state index in [1.54, 1.807) is 42.5 Å². The minimum atomic E-state index is -3.72. The molecule has 0 radical (unpaired) electrons. The molecule has 2 heterocycles. The lowest BCUT2D eigenvalue weighted by Gasteiger charge is -2.30. The standard InChI is InChI=1S/C20H18Cl2N4O3S2/c21-14-7-9-15(10-8-14)23-18(27)20-25-24-19(30-20)13-4-3-11-26(12-13)31(28,29)17-6-2-1-5-16(17)22/h1-2,5-10,13H,3-4,11-12H2,(H,23,27). The third-order valence-corrected chi connectivity index (χ3v) is 8.63. The van der Waals surface area contributed by atoms with E-state index in [1.165, 1.54) is 21.7 Å². The highest BCUT2D eigenvalue weighted by molar-refractivity contribution is 7.89. The maximum absolute atomic E-state index is 13.1. The van der Waals surface area contributed by atoms with Crippen LogP contribution in [0.5, 0.6) is 0 Å². The number of halogens is 2. The molecule has 1 atom stereocenters. The average molecular weight is 497 g/mol. The van der Waals surface area contributed by atoms with E-state index in [0.29, 0.717) is 28.7 Å². The smallest absolute Gasteiger partial charge is 0.286 e. The molecular weight excluding hydrogens is 479 g/mol. The molecule has 0 bridgehead atoms. The minimum absolute atomic E-state index is 0.0950. The zero-order chi connectivity index (χ0) is 22.0. The van der Waals surface area contributed by atoms with Gasteiger partial charge in [-0.3, -0.25) is 4.79 Å².